The van der Waals surface area contributed by atoms with Crippen molar-refractivity contribution in [2.24, 2.45) is 5.92 Å². The van der Waals surface area contributed by atoms with E-state index >= 15 is 0 Å². The molecule has 0 bridgehead atoms. The molecular formula is C30H42ClFN2O. The lowest BCUT2D eigenvalue weighted by molar-refractivity contribution is 0.417. The third-order valence-electron chi connectivity index (χ3n) is 5.43. The molecule has 2 aromatic carbocycles. The third-order valence-corrected chi connectivity index (χ3v) is 5.71. The van der Waals surface area contributed by atoms with Crippen molar-refractivity contribution in [1.82, 2.24) is 0 Å². The fraction of sp³-hybridized carbons (Fsp3) is 0.400. The SMILES string of the molecule is C=C/C=C(\C=C)c1cc(Nc2cc(N3CCC(C)C3)cc(Cl)c2OC)c(C)cc1F.CC.CCC. The predicted octanol–water partition coefficient (Wildman–Crippen LogP) is 9.58. The van der Waals surface area contributed by atoms with Crippen LogP contribution >= 0.6 is 11.6 Å². The fourth-order valence-electron chi connectivity index (χ4n) is 3.80. The van der Waals surface area contributed by atoms with E-state index in [4.69, 9.17) is 16.3 Å². The van der Waals surface area contributed by atoms with Gasteiger partial charge >= 0.3 is 0 Å². The van der Waals surface area contributed by atoms with Crippen molar-refractivity contribution in [3.63, 3.8) is 0 Å². The van der Waals surface area contributed by atoms with Crippen LogP contribution in [0.25, 0.3) is 5.57 Å². The number of aryl methyl sites for hydroxylation is 1. The Labute approximate surface area is 217 Å². The van der Waals surface area contributed by atoms with Crippen LogP contribution in [0.1, 0.15) is 58.6 Å². The van der Waals surface area contributed by atoms with Gasteiger partial charge in [0.1, 0.15) is 5.82 Å². The number of anilines is 3. The number of benzene rings is 2. The topological polar surface area (TPSA) is 24.5 Å². The smallest absolute Gasteiger partial charge is 0.161 e. The number of hydrogen-bond donors (Lipinski definition) is 1. The van der Waals surface area contributed by atoms with E-state index in [1.165, 1.54) is 12.5 Å². The fourth-order valence-corrected chi connectivity index (χ4v) is 4.09. The summed E-state index contributed by atoms with van der Waals surface area (Å²) in [5.74, 6) is 0.900. The van der Waals surface area contributed by atoms with Crippen molar-refractivity contribution in [2.75, 3.05) is 30.4 Å². The van der Waals surface area contributed by atoms with Gasteiger partial charge in [-0.3, -0.25) is 0 Å². The summed E-state index contributed by atoms with van der Waals surface area (Å²) in [6, 6.07) is 7.27. The Hall–Kier alpha value is -2.72. The summed E-state index contributed by atoms with van der Waals surface area (Å²) in [7, 11) is 1.59. The second kappa shape index (κ2) is 15.3. The number of nitrogens with one attached hydrogen (secondary N) is 1. The summed E-state index contributed by atoms with van der Waals surface area (Å²) in [5, 5.41) is 3.94. The molecule has 1 saturated heterocycles. The predicted molar refractivity (Wildman–Crippen MR) is 154 cm³/mol. The number of rotatable bonds is 7. The second-order valence-electron chi connectivity index (χ2n) is 8.39. The average Bonchev–Trinajstić information content (AvgIpc) is 3.27. The first-order valence-corrected chi connectivity index (χ1v) is 12.8. The number of allylic oxidation sites excluding steroid dienone is 4. The van der Waals surface area contributed by atoms with Crippen molar-refractivity contribution in [2.45, 2.75) is 54.4 Å². The maximum absolute atomic E-state index is 14.6. The van der Waals surface area contributed by atoms with Crippen molar-refractivity contribution in [3.8, 4) is 5.75 Å². The first-order chi connectivity index (χ1) is 16.8. The molecule has 1 aliphatic heterocycles. The Balaban J connectivity index is 0.00000114. The zero-order valence-electron chi connectivity index (χ0n) is 22.5. The monoisotopic (exact) mass is 500 g/mol. The van der Waals surface area contributed by atoms with Crippen LogP contribution in [0.3, 0.4) is 0 Å². The number of ether oxygens (including phenoxy) is 1. The molecule has 1 atom stereocenters. The van der Waals surface area contributed by atoms with Crippen LogP contribution < -0.4 is 15.0 Å². The summed E-state index contributed by atoms with van der Waals surface area (Å²) in [6.07, 6.45) is 7.38. The lowest BCUT2D eigenvalue weighted by Gasteiger charge is -2.22. The van der Waals surface area contributed by atoms with Crippen LogP contribution in [0.5, 0.6) is 5.75 Å². The molecule has 3 nitrogen and oxygen atoms in total. The summed E-state index contributed by atoms with van der Waals surface area (Å²) < 4.78 is 20.2. The molecule has 2 aromatic rings. The Morgan fingerprint density at radius 2 is 1.86 bits per heavy atom. The van der Waals surface area contributed by atoms with E-state index in [1.807, 2.05) is 32.9 Å². The van der Waals surface area contributed by atoms with E-state index < -0.39 is 0 Å². The minimum Gasteiger partial charge on any atom is -0.493 e. The summed E-state index contributed by atoms with van der Waals surface area (Å²) in [4.78, 5) is 2.33. The van der Waals surface area contributed by atoms with Crippen molar-refractivity contribution < 1.29 is 9.13 Å². The van der Waals surface area contributed by atoms with Crippen LogP contribution in [0.2, 0.25) is 5.02 Å². The van der Waals surface area contributed by atoms with E-state index in [0.717, 1.165) is 42.1 Å². The number of halogens is 2. The minimum atomic E-state index is -0.309. The molecule has 0 saturated carbocycles. The van der Waals surface area contributed by atoms with Gasteiger partial charge in [-0.05, 0) is 54.7 Å². The van der Waals surface area contributed by atoms with Crippen LogP contribution in [0.15, 0.2) is 55.7 Å². The zero-order valence-corrected chi connectivity index (χ0v) is 23.2. The highest BCUT2D eigenvalue weighted by Crippen LogP contribution is 2.41. The molecule has 5 heteroatoms. The first kappa shape index (κ1) is 30.3. The van der Waals surface area contributed by atoms with Gasteiger partial charge in [0.25, 0.3) is 0 Å². The third kappa shape index (κ3) is 8.17. The Bertz CT molecular complexity index is 1020. The lowest BCUT2D eigenvalue weighted by Crippen LogP contribution is -2.19. The van der Waals surface area contributed by atoms with Crippen LogP contribution in [-0.4, -0.2) is 20.2 Å². The first-order valence-electron chi connectivity index (χ1n) is 12.4. The Kier molecular flexibility index (Phi) is 13.3. The van der Waals surface area contributed by atoms with Crippen molar-refractivity contribution >= 4 is 34.2 Å². The van der Waals surface area contributed by atoms with Gasteiger partial charge in [0.2, 0.25) is 0 Å². The normalized spacial score (nSPS) is 14.8. The lowest BCUT2D eigenvalue weighted by atomic mass is 10.0. The maximum Gasteiger partial charge on any atom is 0.161 e. The molecule has 3 rings (SSSR count). The molecular weight excluding hydrogens is 459 g/mol. The zero-order chi connectivity index (χ0) is 26.5. The summed E-state index contributed by atoms with van der Waals surface area (Å²) in [5.41, 5.74) is 4.45. The Morgan fingerprint density at radius 1 is 1.20 bits per heavy atom. The van der Waals surface area contributed by atoms with Crippen molar-refractivity contribution in [1.29, 1.82) is 0 Å². The molecule has 0 amide bonds. The molecule has 192 valence electrons. The van der Waals surface area contributed by atoms with Gasteiger partial charge in [0, 0.05) is 30.0 Å². The van der Waals surface area contributed by atoms with E-state index in [0.29, 0.717) is 27.8 Å². The van der Waals surface area contributed by atoms with Crippen LogP contribution in [0, 0.1) is 18.7 Å². The van der Waals surface area contributed by atoms with Gasteiger partial charge in [0.15, 0.2) is 5.75 Å². The van der Waals surface area contributed by atoms with Gasteiger partial charge in [-0.25, -0.2) is 4.39 Å². The van der Waals surface area contributed by atoms with Gasteiger partial charge < -0.3 is 15.0 Å². The molecule has 1 N–H and O–H groups in total. The Morgan fingerprint density at radius 3 is 2.37 bits per heavy atom. The minimum absolute atomic E-state index is 0.309. The molecule has 1 aliphatic rings. The van der Waals surface area contributed by atoms with Gasteiger partial charge in [-0.2, -0.15) is 0 Å². The molecule has 0 spiro atoms. The van der Waals surface area contributed by atoms with Crippen LogP contribution in [-0.2, 0) is 0 Å². The largest absolute Gasteiger partial charge is 0.493 e. The number of methoxy groups -OCH3 is 1. The second-order valence-corrected chi connectivity index (χ2v) is 8.80. The van der Waals surface area contributed by atoms with E-state index in [1.54, 1.807) is 31.4 Å². The highest BCUT2D eigenvalue weighted by Gasteiger charge is 2.22. The molecule has 1 heterocycles. The molecule has 0 aromatic heterocycles. The van der Waals surface area contributed by atoms with Gasteiger partial charge in [-0.15, -0.1) is 0 Å². The molecule has 0 aliphatic carbocycles. The van der Waals surface area contributed by atoms with Gasteiger partial charge in [-0.1, -0.05) is 84.0 Å². The average molecular weight is 501 g/mol. The highest BCUT2D eigenvalue weighted by atomic mass is 35.5. The molecule has 35 heavy (non-hydrogen) atoms. The van der Waals surface area contributed by atoms with E-state index in [2.05, 4.69) is 44.1 Å². The van der Waals surface area contributed by atoms with Crippen LogP contribution in [0.4, 0.5) is 21.5 Å². The highest BCUT2D eigenvalue weighted by molar-refractivity contribution is 6.33. The summed E-state index contributed by atoms with van der Waals surface area (Å²) in [6.45, 7) is 21.8. The molecule has 1 fully saturated rings. The van der Waals surface area contributed by atoms with Crippen molar-refractivity contribution in [3.05, 3.63) is 77.6 Å². The van der Waals surface area contributed by atoms with Gasteiger partial charge in [0.05, 0.1) is 17.8 Å². The van der Waals surface area contributed by atoms with E-state index in [9.17, 15) is 4.39 Å². The molecule has 0 radical (unpaired) electrons. The number of nitrogens with zero attached hydrogens (tertiary/aromatic N) is 1. The summed E-state index contributed by atoms with van der Waals surface area (Å²) >= 11 is 6.54. The van der Waals surface area contributed by atoms with E-state index in [-0.39, 0.29) is 5.82 Å². The molecule has 1 unspecified atom stereocenters. The maximum atomic E-state index is 14.6. The standard InChI is InChI=1S/C25H28ClFN2O.C3H8.C2H6/c1-6-8-18(7-2)20-14-23(17(4)11-22(20)27)28-24-13-19(12-21(26)25(24)30-5)29-10-9-16(3)15-29;1-3-2;1-2/h6-8,11-14,16,28H,1-2,9-10,15H2,3-5H3;3H2,1-2H3;1-2H3/b18-8+;;. The quantitative estimate of drug-likeness (QED) is 0.383. The number of hydrogen-bond acceptors (Lipinski definition) is 3.